The molecule has 2 aromatic heterocycles. The number of piperazine rings is 1. The van der Waals surface area contributed by atoms with Crippen molar-refractivity contribution in [3.8, 4) is 17.4 Å². The summed E-state index contributed by atoms with van der Waals surface area (Å²) in [6, 6.07) is 11.2. The van der Waals surface area contributed by atoms with E-state index in [2.05, 4.69) is 20.6 Å². The Kier molecular flexibility index (Phi) is 11.2. The molecule has 1 saturated heterocycles. The Hall–Kier alpha value is -4.10. The van der Waals surface area contributed by atoms with Gasteiger partial charge in [0.2, 0.25) is 11.9 Å². The van der Waals surface area contributed by atoms with Crippen molar-refractivity contribution in [1.82, 2.24) is 29.7 Å². The Balaban J connectivity index is 1.34. The van der Waals surface area contributed by atoms with E-state index in [1.165, 1.54) is 11.0 Å². The first-order valence-corrected chi connectivity index (χ1v) is 15.7. The fourth-order valence-corrected chi connectivity index (χ4v) is 5.64. The minimum Gasteiger partial charge on any atom is -0.493 e. The molecule has 12 nitrogen and oxygen atoms in total. The quantitative estimate of drug-likeness (QED) is 0.197. The highest BCUT2D eigenvalue weighted by Crippen LogP contribution is 2.29. The Morgan fingerprint density at radius 3 is 2.61 bits per heavy atom. The second-order valence-electron chi connectivity index (χ2n) is 10.5. The lowest BCUT2D eigenvalue weighted by Gasteiger charge is -2.37. The Morgan fingerprint density at radius 1 is 1.04 bits per heavy atom. The number of urea groups is 1. The summed E-state index contributed by atoms with van der Waals surface area (Å²) in [6.07, 6.45) is 6.08. The van der Waals surface area contributed by atoms with E-state index in [0.29, 0.717) is 66.5 Å². The van der Waals surface area contributed by atoms with E-state index in [0.717, 1.165) is 5.56 Å². The summed E-state index contributed by atoms with van der Waals surface area (Å²) in [5.74, 6) is 1.82. The molecular formula is C31H33Cl3N8O4. The number of rotatable bonds is 11. The number of aryl methyl sites for hydroxylation is 1. The number of methoxy groups -OCH3 is 2. The number of aromatic nitrogens is 4. The zero-order chi connectivity index (χ0) is 32.6. The molecule has 0 radical (unpaired) electrons. The van der Waals surface area contributed by atoms with Gasteiger partial charge in [0.1, 0.15) is 17.3 Å². The lowest BCUT2D eigenvalue weighted by molar-refractivity contribution is -0.128. The van der Waals surface area contributed by atoms with Crippen LogP contribution in [0.3, 0.4) is 0 Å². The van der Waals surface area contributed by atoms with Crippen LogP contribution in [0.15, 0.2) is 61.2 Å². The molecule has 5 rings (SSSR count). The fourth-order valence-electron chi connectivity index (χ4n) is 5.17. The average molecular weight is 688 g/mol. The standard InChI is InChI=1S/C31H33Cl3N8O4/c1-45-25-8-5-20(14-26(25)46-2)4-3-11-42(31(44)37-21-6-7-23(32)24(33)15-21)29(43)16-22-18-35-10-13-41(22)28-17-27(34)38-30(39-28)40-12-9-36-19-40/h5-9,12,14-15,17,19,22,35H,3-4,10-11,13,16,18H2,1-2H3,(H,37,44). The van der Waals surface area contributed by atoms with Gasteiger partial charge in [0.15, 0.2) is 11.5 Å². The highest BCUT2D eigenvalue weighted by molar-refractivity contribution is 6.42. The molecule has 1 fully saturated rings. The molecule has 4 aromatic rings. The largest absolute Gasteiger partial charge is 0.493 e. The van der Waals surface area contributed by atoms with Gasteiger partial charge in [0, 0.05) is 56.7 Å². The maximum absolute atomic E-state index is 13.9. The molecule has 0 saturated carbocycles. The highest BCUT2D eigenvalue weighted by Gasteiger charge is 2.31. The number of anilines is 2. The number of nitrogens with one attached hydrogen (secondary N) is 2. The van der Waals surface area contributed by atoms with Gasteiger partial charge in [-0.25, -0.2) is 14.8 Å². The summed E-state index contributed by atoms with van der Waals surface area (Å²) in [4.78, 5) is 43.9. The van der Waals surface area contributed by atoms with Crippen LogP contribution in [0.4, 0.5) is 16.3 Å². The Labute approximate surface area is 281 Å². The molecule has 2 N–H and O–H groups in total. The van der Waals surface area contributed by atoms with Gasteiger partial charge in [-0.3, -0.25) is 14.3 Å². The highest BCUT2D eigenvalue weighted by atomic mass is 35.5. The van der Waals surface area contributed by atoms with E-state index in [9.17, 15) is 9.59 Å². The van der Waals surface area contributed by atoms with Crippen LogP contribution in [-0.4, -0.2) is 82.8 Å². The molecule has 2 aromatic carbocycles. The number of imidazole rings is 1. The van der Waals surface area contributed by atoms with Crippen LogP contribution < -0.4 is 25.0 Å². The molecule has 0 aliphatic carbocycles. The van der Waals surface area contributed by atoms with Crippen LogP contribution in [0.25, 0.3) is 5.95 Å². The number of hydrogen-bond acceptors (Lipinski definition) is 9. The molecule has 0 spiro atoms. The summed E-state index contributed by atoms with van der Waals surface area (Å²) >= 11 is 18.6. The first kappa shape index (κ1) is 33.3. The summed E-state index contributed by atoms with van der Waals surface area (Å²) in [7, 11) is 3.15. The van der Waals surface area contributed by atoms with Crippen molar-refractivity contribution in [3.05, 3.63) is 81.9 Å². The van der Waals surface area contributed by atoms with E-state index in [-0.39, 0.29) is 35.1 Å². The molecule has 242 valence electrons. The van der Waals surface area contributed by atoms with Crippen molar-refractivity contribution in [2.45, 2.75) is 25.3 Å². The zero-order valence-electron chi connectivity index (χ0n) is 25.3. The lowest BCUT2D eigenvalue weighted by Crippen LogP contribution is -2.54. The van der Waals surface area contributed by atoms with E-state index in [1.807, 2.05) is 23.1 Å². The number of imide groups is 1. The minimum absolute atomic E-state index is 0.0418. The van der Waals surface area contributed by atoms with Gasteiger partial charge in [0.25, 0.3) is 0 Å². The fraction of sp³-hybridized carbons (Fsp3) is 0.323. The number of halogens is 3. The predicted molar refractivity (Wildman–Crippen MR) is 178 cm³/mol. The van der Waals surface area contributed by atoms with Crippen molar-refractivity contribution < 1.29 is 19.1 Å². The molecule has 15 heteroatoms. The first-order valence-electron chi connectivity index (χ1n) is 14.5. The third-order valence-corrected chi connectivity index (χ3v) is 8.40. The van der Waals surface area contributed by atoms with Gasteiger partial charge in [-0.15, -0.1) is 0 Å². The van der Waals surface area contributed by atoms with Crippen molar-refractivity contribution in [3.63, 3.8) is 0 Å². The number of hydrogen-bond donors (Lipinski definition) is 2. The van der Waals surface area contributed by atoms with E-state index in [4.69, 9.17) is 49.3 Å². The Bertz CT molecular complexity index is 1670. The van der Waals surface area contributed by atoms with Crippen LogP contribution in [0.5, 0.6) is 11.5 Å². The zero-order valence-corrected chi connectivity index (χ0v) is 27.5. The van der Waals surface area contributed by atoms with Crippen LogP contribution in [0, 0.1) is 0 Å². The van der Waals surface area contributed by atoms with E-state index in [1.54, 1.807) is 55.7 Å². The van der Waals surface area contributed by atoms with Crippen LogP contribution in [-0.2, 0) is 11.2 Å². The normalized spacial score (nSPS) is 14.5. The van der Waals surface area contributed by atoms with Gasteiger partial charge in [0.05, 0.1) is 30.3 Å². The van der Waals surface area contributed by atoms with E-state index < -0.39 is 6.03 Å². The topological polar surface area (TPSA) is 127 Å². The maximum Gasteiger partial charge on any atom is 0.328 e. The molecule has 3 amide bonds. The smallest absolute Gasteiger partial charge is 0.328 e. The lowest BCUT2D eigenvalue weighted by atomic mass is 10.1. The molecule has 1 aliphatic rings. The van der Waals surface area contributed by atoms with E-state index >= 15 is 0 Å². The molecule has 1 unspecified atom stereocenters. The SMILES string of the molecule is COc1ccc(CCCN(C(=O)CC2CNCCN2c2cc(Cl)nc(-n3ccnc3)n2)C(=O)Nc2ccc(Cl)c(Cl)c2)cc1OC. The van der Waals surface area contributed by atoms with Crippen molar-refractivity contribution in [2.75, 3.05) is 50.6 Å². The van der Waals surface area contributed by atoms with Crippen LogP contribution in [0.2, 0.25) is 15.2 Å². The minimum atomic E-state index is -0.571. The summed E-state index contributed by atoms with van der Waals surface area (Å²) < 4.78 is 12.4. The second kappa shape index (κ2) is 15.5. The second-order valence-corrected chi connectivity index (χ2v) is 11.7. The monoisotopic (exact) mass is 686 g/mol. The number of carbonyl (C=O) groups excluding carboxylic acids is 2. The molecule has 0 bridgehead atoms. The molecule has 1 aliphatic heterocycles. The summed E-state index contributed by atoms with van der Waals surface area (Å²) in [6.45, 7) is 1.93. The number of benzene rings is 2. The number of carbonyl (C=O) groups is 2. The predicted octanol–water partition coefficient (Wildman–Crippen LogP) is 5.50. The number of nitrogens with zero attached hydrogens (tertiary/aromatic N) is 6. The number of amides is 3. The Morgan fingerprint density at radius 2 is 1.87 bits per heavy atom. The maximum atomic E-state index is 13.9. The van der Waals surface area contributed by atoms with Gasteiger partial charge in [-0.1, -0.05) is 40.9 Å². The number of ether oxygens (including phenoxy) is 2. The first-order chi connectivity index (χ1) is 22.2. The van der Waals surface area contributed by atoms with Crippen molar-refractivity contribution in [2.24, 2.45) is 0 Å². The van der Waals surface area contributed by atoms with Gasteiger partial charge in [-0.2, -0.15) is 4.98 Å². The molecule has 1 atom stereocenters. The van der Waals surface area contributed by atoms with Crippen LogP contribution >= 0.6 is 34.8 Å². The average Bonchev–Trinajstić information content (AvgIpc) is 3.60. The third kappa shape index (κ3) is 8.18. The van der Waals surface area contributed by atoms with Crippen LogP contribution in [0.1, 0.15) is 18.4 Å². The summed E-state index contributed by atoms with van der Waals surface area (Å²) in [5, 5.41) is 7.04. The molecule has 46 heavy (non-hydrogen) atoms. The van der Waals surface area contributed by atoms with Crippen molar-refractivity contribution in [1.29, 1.82) is 0 Å². The van der Waals surface area contributed by atoms with Gasteiger partial charge >= 0.3 is 6.03 Å². The van der Waals surface area contributed by atoms with Gasteiger partial charge < -0.3 is 25.0 Å². The van der Waals surface area contributed by atoms with Gasteiger partial charge in [-0.05, 0) is 48.7 Å². The van der Waals surface area contributed by atoms with Crippen molar-refractivity contribution >= 4 is 58.2 Å². The molecule has 3 heterocycles. The summed E-state index contributed by atoms with van der Waals surface area (Å²) in [5.41, 5.74) is 1.40. The third-order valence-electron chi connectivity index (χ3n) is 7.47. The molecular weight excluding hydrogens is 655 g/mol.